The molecule has 1 aliphatic carbocycles. The van der Waals surface area contributed by atoms with Gasteiger partial charge in [0.15, 0.2) is 0 Å². The maximum Gasteiger partial charge on any atom is 0.109 e. The molecule has 16 heavy (non-hydrogen) atoms. The van der Waals surface area contributed by atoms with E-state index in [1.165, 1.54) is 6.42 Å². The molecule has 0 spiro atoms. The molecule has 4 heteroatoms. The highest BCUT2D eigenvalue weighted by atomic mass is 16.5. The Labute approximate surface area is 97.4 Å². The van der Waals surface area contributed by atoms with E-state index in [1.54, 1.807) is 0 Å². The Morgan fingerprint density at radius 2 is 2.19 bits per heavy atom. The molecule has 1 N–H and O–H groups in total. The molecular formula is C12H23NO3. The van der Waals surface area contributed by atoms with E-state index in [0.29, 0.717) is 11.3 Å². The van der Waals surface area contributed by atoms with Crippen LogP contribution in [-0.2, 0) is 4.74 Å². The molecule has 1 saturated carbocycles. The number of hydrogen-bond acceptors (Lipinski definition) is 4. The first-order valence-corrected chi connectivity index (χ1v) is 6.02. The number of nitroso groups, excluding NO2 is 1. The van der Waals surface area contributed by atoms with Crippen LogP contribution in [0.25, 0.3) is 0 Å². The highest BCUT2D eigenvalue weighted by Crippen LogP contribution is 2.39. The summed E-state index contributed by atoms with van der Waals surface area (Å²) in [6, 6.07) is 0. The summed E-state index contributed by atoms with van der Waals surface area (Å²) in [5.41, 5.74) is 0.316. The highest BCUT2D eigenvalue weighted by molar-refractivity contribution is 4.83. The molecule has 1 fully saturated rings. The average molecular weight is 229 g/mol. The lowest BCUT2D eigenvalue weighted by atomic mass is 9.71. The standard InChI is InChI=1S/C12H23NO3/c1-9-4-11(6-12(2,3)5-9)16-8-10(14)7-13-15/h9-11,14H,4-8H2,1-3H3. The normalized spacial score (nSPS) is 31.0. The van der Waals surface area contributed by atoms with Crippen molar-refractivity contribution in [3.05, 3.63) is 4.91 Å². The summed E-state index contributed by atoms with van der Waals surface area (Å²) < 4.78 is 5.65. The van der Waals surface area contributed by atoms with E-state index in [1.807, 2.05) is 0 Å². The van der Waals surface area contributed by atoms with Crippen LogP contribution in [0, 0.1) is 16.2 Å². The summed E-state index contributed by atoms with van der Waals surface area (Å²) in [6.45, 7) is 6.89. The molecule has 0 aromatic rings. The second kappa shape index (κ2) is 5.73. The topological polar surface area (TPSA) is 58.9 Å². The highest BCUT2D eigenvalue weighted by Gasteiger charge is 2.32. The van der Waals surface area contributed by atoms with Crippen LogP contribution in [-0.4, -0.2) is 30.5 Å². The zero-order chi connectivity index (χ0) is 12.2. The zero-order valence-corrected chi connectivity index (χ0v) is 10.5. The van der Waals surface area contributed by atoms with Gasteiger partial charge >= 0.3 is 0 Å². The van der Waals surface area contributed by atoms with Crippen LogP contribution >= 0.6 is 0 Å². The number of aliphatic hydroxyl groups is 1. The Morgan fingerprint density at radius 1 is 1.50 bits per heavy atom. The van der Waals surface area contributed by atoms with E-state index < -0.39 is 6.10 Å². The van der Waals surface area contributed by atoms with Crippen molar-refractivity contribution < 1.29 is 9.84 Å². The van der Waals surface area contributed by atoms with E-state index >= 15 is 0 Å². The molecule has 0 aromatic carbocycles. The minimum atomic E-state index is -0.752. The van der Waals surface area contributed by atoms with Crippen LogP contribution in [0.4, 0.5) is 0 Å². The maximum absolute atomic E-state index is 9.96. The van der Waals surface area contributed by atoms with Gasteiger partial charge in [0.25, 0.3) is 0 Å². The molecule has 3 atom stereocenters. The van der Waals surface area contributed by atoms with E-state index in [2.05, 4.69) is 25.9 Å². The van der Waals surface area contributed by atoms with Crippen LogP contribution in [0.1, 0.15) is 40.0 Å². The Kier molecular flexibility index (Phi) is 4.87. The van der Waals surface area contributed by atoms with Gasteiger partial charge in [-0.3, -0.25) is 0 Å². The third-order valence-corrected chi connectivity index (χ3v) is 3.16. The second-order valence-corrected chi connectivity index (χ2v) is 5.83. The molecule has 0 amide bonds. The third kappa shape index (κ3) is 4.58. The number of rotatable bonds is 5. The predicted octanol–water partition coefficient (Wildman–Crippen LogP) is 2.35. The van der Waals surface area contributed by atoms with Crippen molar-refractivity contribution in [2.24, 2.45) is 16.5 Å². The number of hydrogen-bond donors (Lipinski definition) is 1. The summed E-state index contributed by atoms with van der Waals surface area (Å²) in [5.74, 6) is 0.662. The lowest BCUT2D eigenvalue weighted by Crippen LogP contribution is -2.34. The van der Waals surface area contributed by atoms with E-state index in [9.17, 15) is 10.0 Å². The van der Waals surface area contributed by atoms with Crippen molar-refractivity contribution >= 4 is 0 Å². The van der Waals surface area contributed by atoms with Crippen molar-refractivity contribution in [2.75, 3.05) is 13.2 Å². The van der Waals surface area contributed by atoms with Crippen molar-refractivity contribution in [2.45, 2.75) is 52.2 Å². The first-order valence-electron chi connectivity index (χ1n) is 6.02. The van der Waals surface area contributed by atoms with Gasteiger partial charge in [-0.25, -0.2) is 0 Å². The largest absolute Gasteiger partial charge is 0.389 e. The first kappa shape index (κ1) is 13.6. The Balaban J connectivity index is 2.33. The van der Waals surface area contributed by atoms with Crippen LogP contribution in [0.5, 0.6) is 0 Å². The van der Waals surface area contributed by atoms with Crippen molar-refractivity contribution in [1.29, 1.82) is 0 Å². The van der Waals surface area contributed by atoms with Crippen LogP contribution < -0.4 is 0 Å². The summed E-state index contributed by atoms with van der Waals surface area (Å²) >= 11 is 0. The number of nitrogens with zero attached hydrogens (tertiary/aromatic N) is 1. The average Bonchev–Trinajstić information content (AvgIpc) is 2.12. The van der Waals surface area contributed by atoms with Crippen molar-refractivity contribution in [1.82, 2.24) is 0 Å². The molecule has 4 nitrogen and oxygen atoms in total. The summed E-state index contributed by atoms with van der Waals surface area (Å²) in [4.78, 5) is 9.96. The van der Waals surface area contributed by atoms with Gasteiger partial charge in [0.05, 0.1) is 12.7 Å². The molecule has 1 rings (SSSR count). The van der Waals surface area contributed by atoms with Gasteiger partial charge < -0.3 is 9.84 Å². The molecule has 0 bridgehead atoms. The molecule has 94 valence electrons. The lowest BCUT2D eigenvalue weighted by Gasteiger charge is -2.39. The molecule has 0 saturated heterocycles. The zero-order valence-electron chi connectivity index (χ0n) is 10.5. The molecule has 3 unspecified atom stereocenters. The summed E-state index contributed by atoms with van der Waals surface area (Å²) in [7, 11) is 0. The maximum atomic E-state index is 9.96. The molecule has 0 radical (unpaired) electrons. The Bertz CT molecular complexity index is 230. The van der Waals surface area contributed by atoms with E-state index in [-0.39, 0.29) is 19.3 Å². The lowest BCUT2D eigenvalue weighted by molar-refractivity contribution is -0.0535. The summed E-state index contributed by atoms with van der Waals surface area (Å²) in [5, 5.41) is 12.0. The smallest absolute Gasteiger partial charge is 0.109 e. The van der Waals surface area contributed by atoms with Crippen LogP contribution in [0.3, 0.4) is 0 Å². The molecule has 0 heterocycles. The molecule has 0 aliphatic heterocycles. The van der Waals surface area contributed by atoms with E-state index in [0.717, 1.165) is 12.8 Å². The monoisotopic (exact) mass is 229 g/mol. The fourth-order valence-electron chi connectivity index (χ4n) is 2.77. The predicted molar refractivity (Wildman–Crippen MR) is 63.2 cm³/mol. The Morgan fingerprint density at radius 3 is 2.75 bits per heavy atom. The van der Waals surface area contributed by atoms with Gasteiger partial charge in [-0.1, -0.05) is 25.9 Å². The second-order valence-electron chi connectivity index (χ2n) is 5.83. The van der Waals surface area contributed by atoms with Gasteiger partial charge in [-0.05, 0) is 30.6 Å². The quantitative estimate of drug-likeness (QED) is 0.736. The van der Waals surface area contributed by atoms with Crippen LogP contribution in [0.15, 0.2) is 5.18 Å². The minimum Gasteiger partial charge on any atom is -0.389 e. The van der Waals surface area contributed by atoms with Gasteiger partial charge in [-0.2, -0.15) is 4.91 Å². The van der Waals surface area contributed by atoms with E-state index in [4.69, 9.17) is 4.74 Å². The molecule has 1 aliphatic rings. The Hall–Kier alpha value is -0.480. The van der Waals surface area contributed by atoms with Gasteiger partial charge in [0.2, 0.25) is 0 Å². The van der Waals surface area contributed by atoms with Crippen LogP contribution in [0.2, 0.25) is 0 Å². The fraction of sp³-hybridized carbons (Fsp3) is 1.00. The fourth-order valence-corrected chi connectivity index (χ4v) is 2.77. The van der Waals surface area contributed by atoms with Gasteiger partial charge in [0, 0.05) is 0 Å². The molecule has 0 aromatic heterocycles. The van der Waals surface area contributed by atoms with Crippen molar-refractivity contribution in [3.63, 3.8) is 0 Å². The van der Waals surface area contributed by atoms with Crippen molar-refractivity contribution in [3.8, 4) is 0 Å². The third-order valence-electron chi connectivity index (χ3n) is 3.16. The molecular weight excluding hydrogens is 206 g/mol. The number of ether oxygens (including phenoxy) is 1. The minimum absolute atomic E-state index is 0.0777. The number of aliphatic hydroxyl groups excluding tert-OH is 1. The first-order chi connectivity index (χ1) is 7.43. The summed E-state index contributed by atoms with van der Waals surface area (Å²) in [6.07, 6.45) is 2.76. The van der Waals surface area contributed by atoms with Gasteiger partial charge in [-0.15, -0.1) is 0 Å². The van der Waals surface area contributed by atoms with Gasteiger partial charge in [0.1, 0.15) is 12.6 Å². The SMILES string of the molecule is CC1CC(OCC(O)CN=O)CC(C)(C)C1.